The van der Waals surface area contributed by atoms with E-state index in [2.05, 4.69) is 20.8 Å². The van der Waals surface area contributed by atoms with E-state index in [4.69, 9.17) is 16.3 Å². The van der Waals surface area contributed by atoms with Gasteiger partial charge in [-0.05, 0) is 37.0 Å². The molecule has 0 aliphatic carbocycles. The van der Waals surface area contributed by atoms with Crippen LogP contribution in [0.25, 0.3) is 0 Å². The largest absolute Gasteiger partial charge is 0.489 e. The summed E-state index contributed by atoms with van der Waals surface area (Å²) in [6.07, 6.45) is 0.798. The van der Waals surface area contributed by atoms with Gasteiger partial charge in [0.05, 0.1) is 11.1 Å². The molecule has 0 fully saturated rings. The molecule has 1 aromatic rings. The first-order chi connectivity index (χ1) is 7.75. The van der Waals surface area contributed by atoms with Gasteiger partial charge in [0.15, 0.2) is 6.29 Å². The lowest BCUT2D eigenvalue weighted by Gasteiger charge is -2.22. The van der Waals surface area contributed by atoms with Gasteiger partial charge in [0.1, 0.15) is 5.75 Å². The van der Waals surface area contributed by atoms with E-state index in [0.29, 0.717) is 16.3 Å². The molecule has 94 valence electrons. The molecule has 3 heteroatoms. The summed E-state index contributed by atoms with van der Waals surface area (Å²) in [5.41, 5.74) is 1.48. The number of benzene rings is 1. The highest BCUT2D eigenvalue weighted by atomic mass is 35.5. The Balaban J connectivity index is 3.33. The number of hydrogen-bond acceptors (Lipinski definition) is 2. The maximum absolute atomic E-state index is 11.0. The first-order valence-electron chi connectivity index (χ1n) is 5.71. The number of aldehydes is 1. The summed E-state index contributed by atoms with van der Waals surface area (Å²) in [5.74, 6) is 0.580. The monoisotopic (exact) mass is 254 g/mol. The van der Waals surface area contributed by atoms with Crippen LogP contribution in [-0.4, -0.2) is 12.4 Å². The van der Waals surface area contributed by atoms with E-state index in [1.807, 2.05) is 26.0 Å². The molecule has 0 spiro atoms. The van der Waals surface area contributed by atoms with Gasteiger partial charge in [-0.25, -0.2) is 0 Å². The molecular weight excluding hydrogens is 236 g/mol. The molecule has 1 aromatic carbocycles. The van der Waals surface area contributed by atoms with Crippen LogP contribution in [-0.2, 0) is 5.41 Å². The molecule has 0 aromatic heterocycles. The predicted molar refractivity (Wildman–Crippen MR) is 71.3 cm³/mol. The maximum atomic E-state index is 11.0. The molecule has 0 saturated carbocycles. The molecule has 0 bridgehead atoms. The van der Waals surface area contributed by atoms with Gasteiger partial charge in [-0.2, -0.15) is 0 Å². The highest BCUT2D eigenvalue weighted by Gasteiger charge is 2.19. The van der Waals surface area contributed by atoms with Crippen molar-refractivity contribution in [3.63, 3.8) is 0 Å². The summed E-state index contributed by atoms with van der Waals surface area (Å²) < 4.78 is 5.63. The van der Waals surface area contributed by atoms with Gasteiger partial charge in [-0.3, -0.25) is 4.79 Å². The minimum Gasteiger partial charge on any atom is -0.489 e. The lowest BCUT2D eigenvalue weighted by Crippen LogP contribution is -2.13. The van der Waals surface area contributed by atoms with Crippen molar-refractivity contribution in [3.05, 3.63) is 28.3 Å². The average molecular weight is 255 g/mol. The van der Waals surface area contributed by atoms with E-state index in [-0.39, 0.29) is 11.5 Å². The molecule has 1 rings (SSSR count). The molecule has 0 unspecified atom stereocenters. The molecule has 0 amide bonds. The SMILES string of the molecule is CC(C)Oc1cc(C(C)(C)C)cc(C=O)c1Cl. The quantitative estimate of drug-likeness (QED) is 0.755. The van der Waals surface area contributed by atoms with E-state index in [0.717, 1.165) is 11.8 Å². The van der Waals surface area contributed by atoms with Gasteiger partial charge < -0.3 is 4.74 Å². The lowest BCUT2D eigenvalue weighted by molar-refractivity contribution is 0.112. The molecule has 2 nitrogen and oxygen atoms in total. The van der Waals surface area contributed by atoms with E-state index in [1.165, 1.54) is 0 Å². The second kappa shape index (κ2) is 5.09. The molecule has 0 aliphatic heterocycles. The van der Waals surface area contributed by atoms with Crippen LogP contribution in [0.15, 0.2) is 12.1 Å². The number of rotatable bonds is 3. The Morgan fingerprint density at radius 1 is 1.29 bits per heavy atom. The van der Waals surface area contributed by atoms with Crippen molar-refractivity contribution in [2.24, 2.45) is 0 Å². The summed E-state index contributed by atoms with van der Waals surface area (Å²) >= 11 is 6.12. The van der Waals surface area contributed by atoms with E-state index in [9.17, 15) is 4.79 Å². The molecule has 17 heavy (non-hydrogen) atoms. The third-order valence-electron chi connectivity index (χ3n) is 2.42. The molecule has 0 heterocycles. The number of carbonyl (C=O) groups excluding carboxylic acids is 1. The van der Waals surface area contributed by atoms with Crippen molar-refractivity contribution < 1.29 is 9.53 Å². The van der Waals surface area contributed by atoms with Crippen LogP contribution in [0.1, 0.15) is 50.5 Å². The second-order valence-electron chi connectivity index (χ2n) is 5.41. The average Bonchev–Trinajstić information content (AvgIpc) is 2.18. The normalized spacial score (nSPS) is 11.7. The summed E-state index contributed by atoms with van der Waals surface area (Å²) in [6.45, 7) is 10.1. The molecule has 0 N–H and O–H groups in total. The standard InChI is InChI=1S/C14H19ClO2/c1-9(2)17-12-7-11(14(3,4)5)6-10(8-16)13(12)15/h6-9H,1-5H3. The van der Waals surface area contributed by atoms with Gasteiger partial charge in [0, 0.05) is 5.56 Å². The fraction of sp³-hybridized carbons (Fsp3) is 0.500. The first-order valence-corrected chi connectivity index (χ1v) is 6.09. The van der Waals surface area contributed by atoms with Crippen molar-refractivity contribution in [2.75, 3.05) is 0 Å². The highest BCUT2D eigenvalue weighted by molar-refractivity contribution is 6.34. The van der Waals surface area contributed by atoms with Gasteiger partial charge >= 0.3 is 0 Å². The van der Waals surface area contributed by atoms with E-state index >= 15 is 0 Å². The Hall–Kier alpha value is -1.02. The minimum atomic E-state index is -0.0442. The first kappa shape index (κ1) is 14.0. The molecule has 0 aliphatic rings. The Morgan fingerprint density at radius 2 is 1.88 bits per heavy atom. The van der Waals surface area contributed by atoms with Crippen molar-refractivity contribution in [1.29, 1.82) is 0 Å². The van der Waals surface area contributed by atoms with Crippen LogP contribution in [0.2, 0.25) is 5.02 Å². The predicted octanol–water partition coefficient (Wildman–Crippen LogP) is 4.24. The van der Waals surface area contributed by atoms with Crippen LogP contribution in [0.4, 0.5) is 0 Å². The lowest BCUT2D eigenvalue weighted by atomic mass is 9.86. The van der Waals surface area contributed by atoms with Crippen LogP contribution in [0.5, 0.6) is 5.75 Å². The number of halogens is 1. The Labute approximate surface area is 108 Å². The molecule has 0 saturated heterocycles. The van der Waals surface area contributed by atoms with Crippen LogP contribution in [0.3, 0.4) is 0 Å². The number of hydrogen-bond donors (Lipinski definition) is 0. The topological polar surface area (TPSA) is 26.3 Å². The molecular formula is C14H19ClO2. The van der Waals surface area contributed by atoms with Crippen molar-refractivity contribution in [3.8, 4) is 5.75 Å². The fourth-order valence-electron chi connectivity index (χ4n) is 1.48. The van der Waals surface area contributed by atoms with Gasteiger partial charge in [0.2, 0.25) is 0 Å². The third-order valence-corrected chi connectivity index (χ3v) is 2.83. The maximum Gasteiger partial charge on any atom is 0.151 e. The second-order valence-corrected chi connectivity index (χ2v) is 5.79. The van der Waals surface area contributed by atoms with Crippen LogP contribution in [0, 0.1) is 0 Å². The summed E-state index contributed by atoms with van der Waals surface area (Å²) in [6, 6.07) is 3.73. The van der Waals surface area contributed by atoms with E-state index in [1.54, 1.807) is 0 Å². The van der Waals surface area contributed by atoms with Gasteiger partial charge in [0.25, 0.3) is 0 Å². The van der Waals surface area contributed by atoms with Crippen molar-refractivity contribution in [2.45, 2.75) is 46.1 Å². The van der Waals surface area contributed by atoms with Crippen molar-refractivity contribution in [1.82, 2.24) is 0 Å². The Morgan fingerprint density at radius 3 is 2.29 bits per heavy atom. The number of carbonyl (C=O) groups is 1. The van der Waals surface area contributed by atoms with Crippen LogP contribution >= 0.6 is 11.6 Å². The third kappa shape index (κ3) is 3.47. The van der Waals surface area contributed by atoms with Gasteiger partial charge in [-0.1, -0.05) is 32.4 Å². The zero-order valence-electron chi connectivity index (χ0n) is 11.0. The summed E-state index contributed by atoms with van der Waals surface area (Å²) in [4.78, 5) is 11.0. The van der Waals surface area contributed by atoms with Gasteiger partial charge in [-0.15, -0.1) is 0 Å². The Kier molecular flexibility index (Phi) is 4.21. The smallest absolute Gasteiger partial charge is 0.151 e. The highest BCUT2D eigenvalue weighted by Crippen LogP contribution is 2.34. The number of ether oxygens (including phenoxy) is 1. The Bertz CT molecular complexity index is 417. The zero-order chi connectivity index (χ0) is 13.2. The van der Waals surface area contributed by atoms with Crippen molar-refractivity contribution >= 4 is 17.9 Å². The molecule has 0 atom stereocenters. The zero-order valence-corrected chi connectivity index (χ0v) is 11.8. The minimum absolute atomic E-state index is 0.0298. The van der Waals surface area contributed by atoms with E-state index < -0.39 is 0 Å². The molecule has 0 radical (unpaired) electrons. The summed E-state index contributed by atoms with van der Waals surface area (Å²) in [7, 11) is 0. The fourth-order valence-corrected chi connectivity index (χ4v) is 1.68. The summed E-state index contributed by atoms with van der Waals surface area (Å²) in [5, 5.41) is 0.390. The van der Waals surface area contributed by atoms with Crippen LogP contribution < -0.4 is 4.74 Å².